The van der Waals surface area contributed by atoms with Crippen molar-refractivity contribution in [2.24, 2.45) is 0 Å². The van der Waals surface area contributed by atoms with Crippen LogP contribution < -0.4 is 0 Å². The van der Waals surface area contributed by atoms with Crippen LogP contribution in [0.15, 0.2) is 30.3 Å². The highest BCUT2D eigenvalue weighted by atomic mass is 16.4. The molecular weight excluding hydrogens is 584 g/mol. The Morgan fingerprint density at radius 2 is 0.872 bits per heavy atom. The number of aliphatic hydroxyl groups is 3. The molecule has 0 spiro atoms. The molecule has 1 aromatic carbocycles. The Bertz CT molecular complexity index is 871. The smallest absolute Gasteiger partial charge is 0.167 e. The Balaban J connectivity index is 2.39. The first kappa shape index (κ1) is 43.5. The number of hydrogen-bond acceptors (Lipinski definition) is 5. The number of rotatable bonds is 34. The highest BCUT2D eigenvalue weighted by molar-refractivity contribution is 5.90. The van der Waals surface area contributed by atoms with Crippen LogP contribution in [0.1, 0.15) is 199 Å². The summed E-state index contributed by atoms with van der Waals surface area (Å²) < 4.78 is 0. The third-order valence-electron chi connectivity index (χ3n) is 9.95. The second-order valence-electron chi connectivity index (χ2n) is 14.4. The Morgan fingerprint density at radius 1 is 0.532 bits per heavy atom. The lowest BCUT2D eigenvalue weighted by Crippen LogP contribution is -2.58. The van der Waals surface area contributed by atoms with Gasteiger partial charge >= 0.3 is 0 Å². The third-order valence-corrected chi connectivity index (χ3v) is 9.95. The molecule has 0 aliphatic heterocycles. The fourth-order valence-corrected chi connectivity index (χ4v) is 6.70. The Morgan fingerprint density at radius 3 is 1.26 bits per heavy atom. The van der Waals surface area contributed by atoms with E-state index in [2.05, 4.69) is 13.8 Å². The van der Waals surface area contributed by atoms with Gasteiger partial charge < -0.3 is 15.3 Å². The molecule has 5 heteroatoms. The van der Waals surface area contributed by atoms with Crippen molar-refractivity contribution in [3.8, 4) is 0 Å². The van der Waals surface area contributed by atoms with Gasteiger partial charge in [0.1, 0.15) is 12.2 Å². The molecule has 0 aliphatic rings. The topological polar surface area (TPSA) is 94.8 Å². The molecule has 0 saturated carbocycles. The number of carbonyl (C=O) groups is 2. The molecule has 1 aromatic rings. The molecule has 0 aromatic heterocycles. The summed E-state index contributed by atoms with van der Waals surface area (Å²) in [5.74, 6) is -0.995. The monoisotopic (exact) mass is 659 g/mol. The molecule has 272 valence electrons. The predicted molar refractivity (Wildman–Crippen MR) is 198 cm³/mol. The molecular formula is C42H74O5. The summed E-state index contributed by atoms with van der Waals surface area (Å²) >= 11 is 0. The van der Waals surface area contributed by atoms with Crippen LogP contribution in [-0.4, -0.2) is 44.7 Å². The zero-order valence-electron chi connectivity index (χ0n) is 30.7. The van der Waals surface area contributed by atoms with Gasteiger partial charge in [0.25, 0.3) is 0 Å². The Kier molecular flexibility index (Phi) is 27.2. The first-order chi connectivity index (χ1) is 22.9. The van der Waals surface area contributed by atoms with Gasteiger partial charge in [-0.3, -0.25) is 9.59 Å². The molecule has 3 N–H and O–H groups in total. The van der Waals surface area contributed by atoms with Crippen LogP contribution in [0.4, 0.5) is 0 Å². The molecule has 0 fully saturated rings. The van der Waals surface area contributed by atoms with Crippen LogP contribution in [0.25, 0.3) is 0 Å². The lowest BCUT2D eigenvalue weighted by Gasteiger charge is -2.34. The molecule has 3 unspecified atom stereocenters. The molecule has 47 heavy (non-hydrogen) atoms. The van der Waals surface area contributed by atoms with Gasteiger partial charge in [-0.05, 0) is 18.4 Å². The Hall–Kier alpha value is -1.56. The lowest BCUT2D eigenvalue weighted by molar-refractivity contribution is -0.167. The summed E-state index contributed by atoms with van der Waals surface area (Å²) in [4.78, 5) is 26.3. The highest BCUT2D eigenvalue weighted by Crippen LogP contribution is 2.26. The second kappa shape index (κ2) is 29.4. The molecule has 0 bridgehead atoms. The van der Waals surface area contributed by atoms with E-state index >= 15 is 0 Å². The largest absolute Gasteiger partial charge is 0.386 e. The SMILES string of the molecule is CCCCCCCCCCCCCCCC(=O)C(O)C(O)C(O)(Cc1ccccc1)C(=O)CCCCCCCCCCCCCCC. The van der Waals surface area contributed by atoms with Crippen molar-refractivity contribution in [3.63, 3.8) is 0 Å². The van der Waals surface area contributed by atoms with Gasteiger partial charge in [-0.15, -0.1) is 0 Å². The summed E-state index contributed by atoms with van der Waals surface area (Å²) in [7, 11) is 0. The minimum absolute atomic E-state index is 0.123. The number of benzene rings is 1. The number of aliphatic hydroxyl groups excluding tert-OH is 2. The molecule has 1 rings (SSSR count). The van der Waals surface area contributed by atoms with Gasteiger partial charge in [0.15, 0.2) is 17.2 Å². The van der Waals surface area contributed by atoms with Gasteiger partial charge in [0.2, 0.25) is 0 Å². The summed E-state index contributed by atoms with van der Waals surface area (Å²) in [6.45, 7) is 4.50. The molecule has 5 nitrogen and oxygen atoms in total. The highest BCUT2D eigenvalue weighted by Gasteiger charge is 2.47. The predicted octanol–water partition coefficient (Wildman–Crippen LogP) is 10.8. The first-order valence-electron chi connectivity index (χ1n) is 20.0. The van der Waals surface area contributed by atoms with Crippen molar-refractivity contribution in [2.75, 3.05) is 0 Å². The zero-order chi connectivity index (χ0) is 34.4. The number of hydrogen-bond donors (Lipinski definition) is 3. The fourth-order valence-electron chi connectivity index (χ4n) is 6.70. The molecule has 0 heterocycles. The molecule has 0 aliphatic carbocycles. The van der Waals surface area contributed by atoms with Gasteiger partial charge in [0.05, 0.1) is 0 Å². The van der Waals surface area contributed by atoms with Gasteiger partial charge in [-0.2, -0.15) is 0 Å². The van der Waals surface area contributed by atoms with E-state index in [0.29, 0.717) is 18.4 Å². The van der Waals surface area contributed by atoms with Crippen molar-refractivity contribution in [3.05, 3.63) is 35.9 Å². The quantitative estimate of drug-likeness (QED) is 0.0641. The maximum atomic E-state index is 13.4. The molecule has 0 saturated heterocycles. The molecule has 3 atom stereocenters. The van der Waals surface area contributed by atoms with Crippen molar-refractivity contribution < 1.29 is 24.9 Å². The number of ketones is 2. The van der Waals surface area contributed by atoms with Gasteiger partial charge in [-0.1, -0.05) is 198 Å². The normalized spacial score (nSPS) is 14.1. The van der Waals surface area contributed by atoms with Crippen molar-refractivity contribution in [1.82, 2.24) is 0 Å². The first-order valence-corrected chi connectivity index (χ1v) is 20.0. The van der Waals surface area contributed by atoms with Gasteiger partial charge in [0, 0.05) is 19.3 Å². The second-order valence-corrected chi connectivity index (χ2v) is 14.4. The van der Waals surface area contributed by atoms with E-state index < -0.39 is 29.4 Å². The van der Waals surface area contributed by atoms with E-state index in [1.54, 1.807) is 12.1 Å². The summed E-state index contributed by atoms with van der Waals surface area (Å²) in [6, 6.07) is 9.06. The minimum atomic E-state index is -2.20. The fraction of sp³-hybridized carbons (Fsp3) is 0.810. The minimum Gasteiger partial charge on any atom is -0.386 e. The van der Waals surface area contributed by atoms with E-state index in [0.717, 1.165) is 38.5 Å². The number of unbranched alkanes of at least 4 members (excludes halogenated alkanes) is 24. The van der Waals surface area contributed by atoms with Crippen molar-refractivity contribution >= 4 is 11.6 Å². The molecule has 0 radical (unpaired) electrons. The van der Waals surface area contributed by atoms with E-state index in [4.69, 9.17) is 0 Å². The van der Waals surface area contributed by atoms with Crippen molar-refractivity contribution in [2.45, 2.75) is 218 Å². The summed E-state index contributed by atoms with van der Waals surface area (Å²) in [5.41, 5.74) is -1.52. The number of Topliss-reactive ketones (excluding diaryl/α,β-unsaturated/α-hetero) is 2. The van der Waals surface area contributed by atoms with E-state index in [1.807, 2.05) is 18.2 Å². The van der Waals surface area contributed by atoms with E-state index in [-0.39, 0.29) is 19.3 Å². The Labute approximate surface area is 289 Å². The van der Waals surface area contributed by atoms with Crippen LogP contribution in [-0.2, 0) is 16.0 Å². The van der Waals surface area contributed by atoms with Crippen LogP contribution in [0, 0.1) is 0 Å². The average Bonchev–Trinajstić information content (AvgIpc) is 3.08. The lowest BCUT2D eigenvalue weighted by atomic mass is 9.79. The van der Waals surface area contributed by atoms with Gasteiger partial charge in [-0.25, -0.2) is 0 Å². The van der Waals surface area contributed by atoms with Crippen LogP contribution >= 0.6 is 0 Å². The summed E-state index contributed by atoms with van der Waals surface area (Å²) in [6.07, 6.45) is 27.6. The third kappa shape index (κ3) is 21.2. The van der Waals surface area contributed by atoms with Crippen LogP contribution in [0.3, 0.4) is 0 Å². The van der Waals surface area contributed by atoms with E-state index in [9.17, 15) is 24.9 Å². The van der Waals surface area contributed by atoms with Crippen LogP contribution in [0.5, 0.6) is 0 Å². The summed E-state index contributed by atoms with van der Waals surface area (Å²) in [5, 5.41) is 33.5. The maximum Gasteiger partial charge on any atom is 0.167 e. The average molecular weight is 659 g/mol. The standard InChI is InChI=1S/C42H74O5/c1-3-5-7-9-11-13-15-17-19-21-23-25-30-34-38(43)40(45)41(46)42(47,36-37-32-28-27-29-33-37)39(44)35-31-26-24-22-20-18-16-14-12-10-8-6-4-2/h27-29,32-33,40-41,45-47H,3-26,30-31,34-36H2,1-2H3. The van der Waals surface area contributed by atoms with Crippen LogP contribution in [0.2, 0.25) is 0 Å². The number of carbonyl (C=O) groups excluding carboxylic acids is 2. The maximum absolute atomic E-state index is 13.4. The molecule has 0 amide bonds. The zero-order valence-corrected chi connectivity index (χ0v) is 30.7. The van der Waals surface area contributed by atoms with Crippen molar-refractivity contribution in [1.29, 1.82) is 0 Å². The van der Waals surface area contributed by atoms with E-state index in [1.165, 1.54) is 116 Å².